The van der Waals surface area contributed by atoms with E-state index in [0.717, 1.165) is 18.0 Å². The molecule has 132 valence electrons. The Balaban J connectivity index is 0.000000242. The fraction of sp³-hybridized carbons (Fsp3) is 0.222. The summed E-state index contributed by atoms with van der Waals surface area (Å²) in [5, 5.41) is 16.4. The van der Waals surface area contributed by atoms with Gasteiger partial charge in [0.25, 0.3) is 0 Å². The number of nitrogens with zero attached hydrogens (tertiary/aromatic N) is 1. The van der Waals surface area contributed by atoms with Crippen molar-refractivity contribution in [1.29, 1.82) is 0 Å². The molecule has 0 spiro atoms. The van der Waals surface area contributed by atoms with Crippen molar-refractivity contribution in [3.8, 4) is 11.3 Å². The summed E-state index contributed by atoms with van der Waals surface area (Å²) in [7, 11) is 0. The Bertz CT molecular complexity index is 808. The maximum atomic E-state index is 9.55. The molecule has 25 heavy (non-hydrogen) atoms. The smallest absolute Gasteiger partial charge is 0.328 e. The van der Waals surface area contributed by atoms with Gasteiger partial charge in [0.2, 0.25) is 0 Å². The number of hydrogen-bond acceptors (Lipinski definition) is 3. The van der Waals surface area contributed by atoms with Crippen LogP contribution in [0.1, 0.15) is 18.1 Å². The van der Waals surface area contributed by atoms with Gasteiger partial charge in [0.05, 0.1) is 5.69 Å². The highest BCUT2D eigenvalue weighted by Crippen LogP contribution is 2.38. The highest BCUT2D eigenvalue weighted by atomic mass is 35.5. The van der Waals surface area contributed by atoms with Crippen LogP contribution in [0.3, 0.4) is 0 Å². The van der Waals surface area contributed by atoms with E-state index in [1.807, 2.05) is 13.0 Å². The second kappa shape index (κ2) is 8.00. The summed E-state index contributed by atoms with van der Waals surface area (Å²) in [6.07, 6.45) is 4.23. The molecule has 1 aliphatic rings. The molecule has 4 N–H and O–H groups in total. The van der Waals surface area contributed by atoms with Crippen LogP contribution in [0.5, 0.6) is 0 Å². The Morgan fingerprint density at radius 3 is 2.44 bits per heavy atom. The number of carbonyl (C=O) groups is 2. The number of hydrogen-bond donors (Lipinski definition) is 3. The lowest BCUT2D eigenvalue weighted by molar-refractivity contribution is -0.134. The highest BCUT2D eigenvalue weighted by molar-refractivity contribution is 6.30. The highest BCUT2D eigenvalue weighted by Gasteiger charge is 2.22. The summed E-state index contributed by atoms with van der Waals surface area (Å²) in [5.74, 6) is -2.51. The Hall–Kier alpha value is -2.57. The standard InChI is InChI=1S/C14H15ClN2.C4H4O4/c1-9(16)8-17-5-4-10-6-11-7-12(15)2-3-13(11)14(10)17;5-3(6)1-2-4(7)8/h2-5,7,9H,6,8,16H2,1H3;1-2H,(H,5,6)(H,7,8)/b;2-1+. The Morgan fingerprint density at radius 1 is 1.24 bits per heavy atom. The van der Waals surface area contributed by atoms with Crippen LogP contribution in [-0.2, 0) is 22.6 Å². The van der Waals surface area contributed by atoms with Crippen molar-refractivity contribution >= 4 is 23.5 Å². The Morgan fingerprint density at radius 2 is 1.88 bits per heavy atom. The number of aliphatic carboxylic acids is 2. The van der Waals surface area contributed by atoms with Gasteiger partial charge in [-0.05, 0) is 36.2 Å². The molecule has 1 heterocycles. The molecule has 0 bridgehead atoms. The van der Waals surface area contributed by atoms with E-state index < -0.39 is 11.9 Å². The van der Waals surface area contributed by atoms with Crippen LogP contribution in [0, 0.1) is 0 Å². The quantitative estimate of drug-likeness (QED) is 0.619. The molecule has 1 atom stereocenters. The number of benzene rings is 1. The van der Waals surface area contributed by atoms with Crippen molar-refractivity contribution in [2.24, 2.45) is 5.73 Å². The monoisotopic (exact) mass is 362 g/mol. The van der Waals surface area contributed by atoms with E-state index in [-0.39, 0.29) is 6.04 Å². The van der Waals surface area contributed by atoms with Crippen molar-refractivity contribution in [3.05, 3.63) is 58.8 Å². The van der Waals surface area contributed by atoms with Crippen LogP contribution in [0.25, 0.3) is 11.3 Å². The van der Waals surface area contributed by atoms with Crippen LogP contribution in [0.15, 0.2) is 42.6 Å². The third-order valence-corrected chi connectivity index (χ3v) is 3.84. The zero-order valence-corrected chi connectivity index (χ0v) is 14.4. The van der Waals surface area contributed by atoms with E-state index >= 15 is 0 Å². The number of rotatable bonds is 4. The van der Waals surface area contributed by atoms with Gasteiger partial charge >= 0.3 is 11.9 Å². The third-order valence-electron chi connectivity index (χ3n) is 3.60. The summed E-state index contributed by atoms with van der Waals surface area (Å²) in [6.45, 7) is 2.89. The maximum absolute atomic E-state index is 9.55. The van der Waals surface area contributed by atoms with Crippen molar-refractivity contribution in [2.45, 2.75) is 25.9 Å². The van der Waals surface area contributed by atoms with Crippen LogP contribution < -0.4 is 5.73 Å². The third kappa shape index (κ3) is 4.95. The molecule has 3 rings (SSSR count). The minimum Gasteiger partial charge on any atom is -0.478 e. The fourth-order valence-electron chi connectivity index (χ4n) is 2.74. The largest absolute Gasteiger partial charge is 0.478 e. The minimum atomic E-state index is -1.26. The first-order valence-corrected chi connectivity index (χ1v) is 8.02. The van der Waals surface area contributed by atoms with Crippen molar-refractivity contribution in [3.63, 3.8) is 0 Å². The predicted molar refractivity (Wildman–Crippen MR) is 95.7 cm³/mol. The van der Waals surface area contributed by atoms with Gasteiger partial charge in [0.15, 0.2) is 0 Å². The van der Waals surface area contributed by atoms with Gasteiger partial charge in [-0.3, -0.25) is 0 Å². The van der Waals surface area contributed by atoms with E-state index in [1.165, 1.54) is 22.4 Å². The number of aromatic nitrogens is 1. The molecular formula is C18H19ClN2O4. The first-order chi connectivity index (χ1) is 11.8. The lowest BCUT2D eigenvalue weighted by Crippen LogP contribution is -2.22. The summed E-state index contributed by atoms with van der Waals surface area (Å²) < 4.78 is 2.25. The Kier molecular flexibility index (Phi) is 6.01. The number of carboxylic acid groups (broad SMARTS) is 2. The van der Waals surface area contributed by atoms with Gasteiger partial charge < -0.3 is 20.5 Å². The molecule has 2 aromatic rings. The summed E-state index contributed by atoms with van der Waals surface area (Å²) >= 11 is 6.03. The zero-order chi connectivity index (χ0) is 18.6. The van der Waals surface area contributed by atoms with Crippen LogP contribution >= 0.6 is 11.6 Å². The molecule has 7 heteroatoms. The van der Waals surface area contributed by atoms with E-state index in [4.69, 9.17) is 27.5 Å². The molecule has 0 fully saturated rings. The lowest BCUT2D eigenvalue weighted by Gasteiger charge is -2.11. The van der Waals surface area contributed by atoms with Crippen molar-refractivity contribution in [1.82, 2.24) is 4.57 Å². The van der Waals surface area contributed by atoms with Gasteiger partial charge in [-0.2, -0.15) is 0 Å². The first kappa shape index (κ1) is 18.8. The first-order valence-electron chi connectivity index (χ1n) is 7.64. The number of halogens is 1. The van der Waals surface area contributed by atoms with Crippen LogP contribution in [-0.4, -0.2) is 32.8 Å². The second-order valence-electron chi connectivity index (χ2n) is 5.81. The number of nitrogens with two attached hydrogens (primary N) is 1. The van der Waals surface area contributed by atoms with E-state index in [2.05, 4.69) is 29.0 Å². The second-order valence-corrected chi connectivity index (χ2v) is 6.24. The molecule has 6 nitrogen and oxygen atoms in total. The average Bonchev–Trinajstić information content (AvgIpc) is 3.04. The van der Waals surface area contributed by atoms with Crippen LogP contribution in [0.4, 0.5) is 0 Å². The number of fused-ring (bicyclic) bond motifs is 3. The maximum Gasteiger partial charge on any atom is 0.328 e. The molecule has 0 aliphatic heterocycles. The molecular weight excluding hydrogens is 344 g/mol. The van der Waals surface area contributed by atoms with Gasteiger partial charge in [-0.15, -0.1) is 0 Å². The molecule has 0 saturated carbocycles. The molecule has 1 aliphatic carbocycles. The fourth-order valence-corrected chi connectivity index (χ4v) is 2.93. The Labute approximate surface area is 150 Å². The topological polar surface area (TPSA) is 106 Å². The van der Waals surface area contributed by atoms with Crippen molar-refractivity contribution in [2.75, 3.05) is 0 Å². The molecule has 1 aromatic carbocycles. The molecule has 0 amide bonds. The summed E-state index contributed by atoms with van der Waals surface area (Å²) in [5.41, 5.74) is 11.2. The molecule has 1 aromatic heterocycles. The zero-order valence-electron chi connectivity index (χ0n) is 13.6. The van der Waals surface area contributed by atoms with E-state index in [0.29, 0.717) is 12.2 Å². The van der Waals surface area contributed by atoms with Crippen molar-refractivity contribution < 1.29 is 19.8 Å². The molecule has 0 saturated heterocycles. The predicted octanol–water partition coefficient (Wildman–Crippen LogP) is 2.77. The lowest BCUT2D eigenvalue weighted by atomic mass is 10.1. The average molecular weight is 363 g/mol. The van der Waals surface area contributed by atoms with Gasteiger partial charge in [-0.25, -0.2) is 9.59 Å². The molecule has 0 radical (unpaired) electrons. The van der Waals surface area contributed by atoms with Crippen LogP contribution in [0.2, 0.25) is 5.02 Å². The normalized spacial score (nSPS) is 12.9. The summed E-state index contributed by atoms with van der Waals surface area (Å²) in [6, 6.07) is 8.49. The number of carboxylic acids is 2. The van der Waals surface area contributed by atoms with Gasteiger partial charge in [0, 0.05) is 47.9 Å². The van der Waals surface area contributed by atoms with E-state index in [9.17, 15) is 9.59 Å². The van der Waals surface area contributed by atoms with Gasteiger partial charge in [0.1, 0.15) is 0 Å². The SMILES string of the molecule is CC(N)Cn1ccc2c1-c1ccc(Cl)cc1C2.O=C(O)/C=C/C(=O)O. The molecule has 1 unspecified atom stereocenters. The van der Waals surface area contributed by atoms with Gasteiger partial charge in [-0.1, -0.05) is 17.7 Å². The van der Waals surface area contributed by atoms with E-state index in [1.54, 1.807) is 0 Å². The summed E-state index contributed by atoms with van der Waals surface area (Å²) in [4.78, 5) is 19.1. The minimum absolute atomic E-state index is 0.169.